The molecule has 4 rings (SSSR count). The molecule has 0 unspecified atom stereocenters. The molecule has 7 nitrogen and oxygen atoms in total. The summed E-state index contributed by atoms with van der Waals surface area (Å²) in [6, 6.07) is 24.0. The number of ketones is 1. The highest BCUT2D eigenvalue weighted by molar-refractivity contribution is 7.11. The molecule has 1 heterocycles. The molecule has 1 aromatic heterocycles. The Morgan fingerprint density at radius 2 is 1.69 bits per heavy atom. The van der Waals surface area contributed by atoms with Gasteiger partial charge in [-0.3, -0.25) is 4.79 Å². The second-order valence-corrected chi connectivity index (χ2v) is 7.54. The third kappa shape index (κ3) is 4.65. The van der Waals surface area contributed by atoms with E-state index in [1.807, 2.05) is 60.7 Å². The molecule has 0 saturated carbocycles. The van der Waals surface area contributed by atoms with E-state index in [-0.39, 0.29) is 5.78 Å². The Bertz CT molecular complexity index is 1310. The number of carbonyl (C=O) groups excluding carboxylic acids is 1. The van der Waals surface area contributed by atoms with Crippen molar-refractivity contribution < 1.29 is 14.3 Å². The van der Waals surface area contributed by atoms with Crippen molar-refractivity contribution in [3.63, 3.8) is 0 Å². The predicted octanol–water partition coefficient (Wildman–Crippen LogP) is 4.12. The lowest BCUT2D eigenvalue weighted by atomic mass is 10.1. The zero-order valence-electron chi connectivity index (χ0n) is 17.5. The summed E-state index contributed by atoms with van der Waals surface area (Å²) in [7, 11) is 3.18. The molecule has 0 aliphatic carbocycles. The van der Waals surface area contributed by atoms with Crippen molar-refractivity contribution in [2.75, 3.05) is 14.2 Å². The van der Waals surface area contributed by atoms with Crippen LogP contribution in [0.15, 0.2) is 89.1 Å². The zero-order valence-corrected chi connectivity index (χ0v) is 18.3. The first-order valence-corrected chi connectivity index (χ1v) is 10.6. The standard InChI is InChI=1S/C24H20N4O3S/c1-30-20-14-13-18(21(15-20)31-2)16-25-26-24-28(19-11-7-4-8-12-19)27-23(32-24)22(29)17-9-5-3-6-10-17/h3-16H,1-2H3/b25-16+,26-24+. The van der Waals surface area contributed by atoms with E-state index in [1.165, 1.54) is 11.3 Å². The van der Waals surface area contributed by atoms with Gasteiger partial charge >= 0.3 is 0 Å². The topological polar surface area (TPSA) is 78.1 Å². The van der Waals surface area contributed by atoms with Crippen molar-refractivity contribution in [1.29, 1.82) is 0 Å². The number of carbonyl (C=O) groups is 1. The average molecular weight is 445 g/mol. The normalized spacial score (nSPS) is 11.6. The van der Waals surface area contributed by atoms with Crippen LogP contribution < -0.4 is 14.3 Å². The second-order valence-electron chi connectivity index (χ2n) is 6.58. The zero-order chi connectivity index (χ0) is 22.3. The van der Waals surface area contributed by atoms with Gasteiger partial charge in [-0.2, -0.15) is 10.2 Å². The first-order chi connectivity index (χ1) is 15.7. The van der Waals surface area contributed by atoms with Crippen LogP contribution in [0.2, 0.25) is 0 Å². The first kappa shape index (κ1) is 21.2. The van der Waals surface area contributed by atoms with Crippen LogP contribution in [0.25, 0.3) is 5.69 Å². The molecule has 0 amide bonds. The fourth-order valence-electron chi connectivity index (χ4n) is 2.95. The van der Waals surface area contributed by atoms with E-state index in [2.05, 4.69) is 15.3 Å². The lowest BCUT2D eigenvalue weighted by molar-refractivity contribution is 0.103. The summed E-state index contributed by atoms with van der Waals surface area (Å²) in [4.78, 5) is 13.4. The van der Waals surface area contributed by atoms with E-state index < -0.39 is 0 Å². The fraction of sp³-hybridized carbons (Fsp3) is 0.0833. The third-order valence-corrected chi connectivity index (χ3v) is 5.47. The van der Waals surface area contributed by atoms with Crippen molar-refractivity contribution in [2.45, 2.75) is 0 Å². The van der Waals surface area contributed by atoms with Crippen LogP contribution >= 0.6 is 11.3 Å². The molecule has 0 aliphatic rings. The minimum absolute atomic E-state index is 0.164. The van der Waals surface area contributed by atoms with Gasteiger partial charge in [0.1, 0.15) is 11.5 Å². The van der Waals surface area contributed by atoms with Gasteiger partial charge in [-0.15, -0.1) is 5.10 Å². The number of hydrogen-bond donors (Lipinski definition) is 0. The Labute approximate surface area is 188 Å². The minimum atomic E-state index is -0.164. The molecule has 0 fully saturated rings. The fourth-order valence-corrected chi connectivity index (χ4v) is 3.78. The van der Waals surface area contributed by atoms with E-state index >= 15 is 0 Å². The molecule has 0 bridgehead atoms. The van der Waals surface area contributed by atoms with Gasteiger partial charge in [0, 0.05) is 17.2 Å². The van der Waals surface area contributed by atoms with Crippen LogP contribution in [0.3, 0.4) is 0 Å². The molecule has 32 heavy (non-hydrogen) atoms. The molecule has 4 aromatic rings. The quantitative estimate of drug-likeness (QED) is 0.244. The number of para-hydroxylation sites is 1. The lowest BCUT2D eigenvalue weighted by Gasteiger charge is -2.06. The number of rotatable bonds is 7. The smallest absolute Gasteiger partial charge is 0.233 e. The molecule has 0 aliphatic heterocycles. The van der Waals surface area contributed by atoms with Gasteiger partial charge in [-0.05, 0) is 24.3 Å². The Hall–Kier alpha value is -4.04. The monoisotopic (exact) mass is 444 g/mol. The molecular weight excluding hydrogens is 424 g/mol. The van der Waals surface area contributed by atoms with Crippen LogP contribution in [0, 0.1) is 0 Å². The van der Waals surface area contributed by atoms with E-state index in [1.54, 1.807) is 43.3 Å². The van der Waals surface area contributed by atoms with E-state index in [9.17, 15) is 4.79 Å². The van der Waals surface area contributed by atoms with Crippen LogP contribution in [-0.2, 0) is 0 Å². The van der Waals surface area contributed by atoms with Gasteiger partial charge in [0.15, 0.2) is 5.01 Å². The third-order valence-electron chi connectivity index (χ3n) is 4.57. The van der Waals surface area contributed by atoms with Gasteiger partial charge in [-0.1, -0.05) is 59.9 Å². The summed E-state index contributed by atoms with van der Waals surface area (Å²) >= 11 is 1.18. The van der Waals surface area contributed by atoms with Crippen LogP contribution in [-0.4, -0.2) is 36.0 Å². The number of hydrogen-bond acceptors (Lipinski definition) is 7. The molecule has 8 heteroatoms. The van der Waals surface area contributed by atoms with Crippen molar-refractivity contribution in [3.8, 4) is 17.2 Å². The molecular formula is C24H20N4O3S. The SMILES string of the molecule is COc1ccc(/C=N/N=c2/sc(C(=O)c3ccccc3)nn2-c2ccccc2)c(OC)c1. The van der Waals surface area contributed by atoms with Crippen molar-refractivity contribution in [1.82, 2.24) is 9.78 Å². The molecule has 160 valence electrons. The second kappa shape index (κ2) is 9.84. The van der Waals surface area contributed by atoms with Gasteiger partial charge in [0.05, 0.1) is 26.1 Å². The van der Waals surface area contributed by atoms with Crippen molar-refractivity contribution in [3.05, 3.63) is 99.8 Å². The van der Waals surface area contributed by atoms with E-state index in [4.69, 9.17) is 9.47 Å². The molecule has 0 saturated heterocycles. The number of methoxy groups -OCH3 is 2. The molecule has 0 N–H and O–H groups in total. The molecule has 0 spiro atoms. The Morgan fingerprint density at radius 3 is 2.38 bits per heavy atom. The molecule has 0 radical (unpaired) electrons. The van der Waals surface area contributed by atoms with Gasteiger partial charge in [0.2, 0.25) is 10.6 Å². The largest absolute Gasteiger partial charge is 0.497 e. The number of benzene rings is 3. The maximum absolute atomic E-state index is 12.9. The Balaban J connectivity index is 1.74. The highest BCUT2D eigenvalue weighted by Crippen LogP contribution is 2.23. The lowest BCUT2D eigenvalue weighted by Crippen LogP contribution is -2.14. The minimum Gasteiger partial charge on any atom is -0.497 e. The summed E-state index contributed by atoms with van der Waals surface area (Å²) in [5, 5.41) is 13.4. The van der Waals surface area contributed by atoms with Crippen LogP contribution in [0.1, 0.15) is 20.9 Å². The number of ether oxygens (including phenoxy) is 2. The molecule has 0 atom stereocenters. The maximum Gasteiger partial charge on any atom is 0.233 e. The summed E-state index contributed by atoms with van der Waals surface area (Å²) < 4.78 is 12.2. The summed E-state index contributed by atoms with van der Waals surface area (Å²) in [5.74, 6) is 1.13. The predicted molar refractivity (Wildman–Crippen MR) is 124 cm³/mol. The van der Waals surface area contributed by atoms with Crippen LogP contribution in [0.4, 0.5) is 0 Å². The van der Waals surface area contributed by atoms with E-state index in [0.29, 0.717) is 26.9 Å². The Morgan fingerprint density at radius 1 is 0.969 bits per heavy atom. The Kier molecular flexibility index (Phi) is 6.52. The number of nitrogens with zero attached hydrogens (tertiary/aromatic N) is 4. The summed E-state index contributed by atoms with van der Waals surface area (Å²) in [5.41, 5.74) is 2.10. The van der Waals surface area contributed by atoms with Gasteiger partial charge in [-0.25, -0.2) is 4.68 Å². The summed E-state index contributed by atoms with van der Waals surface area (Å²) in [6.45, 7) is 0. The highest BCUT2D eigenvalue weighted by Gasteiger charge is 2.16. The van der Waals surface area contributed by atoms with Crippen molar-refractivity contribution >= 4 is 23.3 Å². The van der Waals surface area contributed by atoms with Crippen LogP contribution in [0.5, 0.6) is 11.5 Å². The van der Waals surface area contributed by atoms with Gasteiger partial charge in [0.25, 0.3) is 0 Å². The average Bonchev–Trinajstić information content (AvgIpc) is 3.29. The van der Waals surface area contributed by atoms with E-state index in [0.717, 1.165) is 11.3 Å². The highest BCUT2D eigenvalue weighted by atomic mass is 32.1. The maximum atomic E-state index is 12.9. The van der Waals surface area contributed by atoms with Crippen molar-refractivity contribution in [2.24, 2.45) is 10.2 Å². The first-order valence-electron chi connectivity index (χ1n) is 9.74. The number of aromatic nitrogens is 2. The van der Waals surface area contributed by atoms with Gasteiger partial charge < -0.3 is 9.47 Å². The summed E-state index contributed by atoms with van der Waals surface area (Å²) in [6.07, 6.45) is 1.59. The molecule has 3 aromatic carbocycles.